The van der Waals surface area contributed by atoms with Crippen LogP contribution >= 0.6 is 0 Å². The second-order valence-corrected chi connectivity index (χ2v) is 6.24. The summed E-state index contributed by atoms with van der Waals surface area (Å²) in [5.74, 6) is 0.144. The number of aryl methyl sites for hydroxylation is 1. The first-order chi connectivity index (χ1) is 8.56. The molecule has 18 heavy (non-hydrogen) atoms. The molecule has 1 aromatic rings. The number of likely N-dealkylation sites (N-methyl/N-ethyl adjacent to an activating group) is 1. The average Bonchev–Trinajstić information content (AvgIpc) is 2.35. The molecule has 0 amide bonds. The molecular weight excluding hydrogens is 222 g/mol. The zero-order chi connectivity index (χ0) is 12.9. The molecule has 2 bridgehead atoms. The standard InChI is InChI=1S/C16H21NO/c1-11-4-5-12-9-15-14(10-18)16(2,13(12)8-11)6-7-17(15)3/h4-5,8,10,14-15H,6-7,9H2,1-3H3/t14-,15+,16+/m0/s1. The highest BCUT2D eigenvalue weighted by Crippen LogP contribution is 2.47. The Bertz CT molecular complexity index is 496. The molecule has 1 saturated heterocycles. The van der Waals surface area contributed by atoms with Crippen molar-refractivity contribution in [1.82, 2.24) is 4.90 Å². The maximum atomic E-state index is 11.6. The summed E-state index contributed by atoms with van der Waals surface area (Å²) in [5, 5.41) is 0. The lowest BCUT2D eigenvalue weighted by molar-refractivity contribution is -0.118. The summed E-state index contributed by atoms with van der Waals surface area (Å²) in [7, 11) is 2.15. The number of likely N-dealkylation sites (tertiary alicyclic amines) is 1. The third kappa shape index (κ3) is 1.48. The number of benzene rings is 1. The largest absolute Gasteiger partial charge is 0.303 e. The number of piperidine rings is 1. The maximum Gasteiger partial charge on any atom is 0.125 e. The lowest BCUT2D eigenvalue weighted by atomic mass is 9.59. The van der Waals surface area contributed by atoms with E-state index in [0.29, 0.717) is 6.04 Å². The van der Waals surface area contributed by atoms with E-state index in [4.69, 9.17) is 0 Å². The van der Waals surface area contributed by atoms with Crippen LogP contribution < -0.4 is 0 Å². The van der Waals surface area contributed by atoms with Gasteiger partial charge in [0, 0.05) is 17.4 Å². The first kappa shape index (κ1) is 11.9. The predicted molar refractivity (Wildman–Crippen MR) is 72.8 cm³/mol. The van der Waals surface area contributed by atoms with Gasteiger partial charge in [-0.15, -0.1) is 0 Å². The van der Waals surface area contributed by atoms with Gasteiger partial charge in [-0.25, -0.2) is 0 Å². The van der Waals surface area contributed by atoms with Gasteiger partial charge in [-0.05, 0) is 44.5 Å². The Morgan fingerprint density at radius 2 is 2.22 bits per heavy atom. The molecule has 1 aliphatic heterocycles. The van der Waals surface area contributed by atoms with E-state index < -0.39 is 0 Å². The van der Waals surface area contributed by atoms with E-state index in [1.807, 2.05) is 0 Å². The van der Waals surface area contributed by atoms with E-state index in [1.165, 1.54) is 23.0 Å². The van der Waals surface area contributed by atoms with E-state index in [0.717, 1.165) is 19.4 Å². The van der Waals surface area contributed by atoms with Crippen LogP contribution in [0.3, 0.4) is 0 Å². The summed E-state index contributed by atoms with van der Waals surface area (Å²) in [6, 6.07) is 7.14. The van der Waals surface area contributed by atoms with Crippen molar-refractivity contribution in [3.63, 3.8) is 0 Å². The van der Waals surface area contributed by atoms with Crippen molar-refractivity contribution in [3.8, 4) is 0 Å². The van der Waals surface area contributed by atoms with Crippen molar-refractivity contribution < 1.29 is 4.79 Å². The van der Waals surface area contributed by atoms with E-state index >= 15 is 0 Å². The van der Waals surface area contributed by atoms with E-state index in [1.54, 1.807) is 0 Å². The molecule has 0 aromatic heterocycles. The van der Waals surface area contributed by atoms with E-state index in [-0.39, 0.29) is 11.3 Å². The van der Waals surface area contributed by atoms with Crippen molar-refractivity contribution >= 4 is 6.29 Å². The molecule has 1 aliphatic carbocycles. The molecule has 3 rings (SSSR count). The van der Waals surface area contributed by atoms with Crippen LogP contribution in [-0.4, -0.2) is 30.8 Å². The summed E-state index contributed by atoms with van der Waals surface area (Å²) in [6.45, 7) is 5.52. The number of carbonyl (C=O) groups is 1. The molecule has 0 spiro atoms. The number of hydrogen-bond donors (Lipinski definition) is 0. The van der Waals surface area contributed by atoms with Gasteiger partial charge in [0.1, 0.15) is 6.29 Å². The van der Waals surface area contributed by atoms with Crippen molar-refractivity contribution in [2.24, 2.45) is 5.92 Å². The van der Waals surface area contributed by atoms with Crippen LogP contribution in [0.1, 0.15) is 30.0 Å². The van der Waals surface area contributed by atoms with Gasteiger partial charge in [-0.1, -0.05) is 30.7 Å². The first-order valence-electron chi connectivity index (χ1n) is 6.82. The average molecular weight is 243 g/mol. The number of hydrogen-bond acceptors (Lipinski definition) is 2. The molecule has 1 fully saturated rings. The Kier molecular flexibility index (Phi) is 2.60. The summed E-state index contributed by atoms with van der Waals surface area (Å²) < 4.78 is 0. The molecule has 2 heteroatoms. The lowest BCUT2D eigenvalue weighted by Gasteiger charge is -2.52. The topological polar surface area (TPSA) is 20.3 Å². The normalized spacial score (nSPS) is 35.1. The number of nitrogens with zero attached hydrogens (tertiary/aromatic N) is 1. The van der Waals surface area contributed by atoms with Crippen molar-refractivity contribution in [3.05, 3.63) is 34.9 Å². The van der Waals surface area contributed by atoms with Crippen LogP contribution in [0.25, 0.3) is 0 Å². The number of aldehydes is 1. The Balaban J connectivity index is 2.18. The fraction of sp³-hybridized carbons (Fsp3) is 0.562. The predicted octanol–water partition coefficient (Wildman–Crippen LogP) is 2.33. The van der Waals surface area contributed by atoms with Gasteiger partial charge in [-0.3, -0.25) is 0 Å². The third-order valence-corrected chi connectivity index (χ3v) is 5.16. The molecule has 96 valence electrons. The fourth-order valence-corrected chi connectivity index (χ4v) is 3.90. The molecular formula is C16H21NO. The van der Waals surface area contributed by atoms with Crippen LogP contribution in [-0.2, 0) is 16.6 Å². The monoisotopic (exact) mass is 243 g/mol. The molecule has 3 atom stereocenters. The molecule has 0 unspecified atom stereocenters. The number of fused-ring (bicyclic) bond motifs is 4. The zero-order valence-corrected chi connectivity index (χ0v) is 11.4. The molecule has 0 radical (unpaired) electrons. The molecule has 2 nitrogen and oxygen atoms in total. The SMILES string of the molecule is Cc1ccc2c(c1)[C@@]1(C)CCN(C)[C@H](C2)[C@@H]1C=O. The minimum absolute atomic E-state index is 0.0402. The van der Waals surface area contributed by atoms with Crippen molar-refractivity contribution in [1.29, 1.82) is 0 Å². The van der Waals surface area contributed by atoms with Gasteiger partial charge in [-0.2, -0.15) is 0 Å². The smallest absolute Gasteiger partial charge is 0.125 e. The second-order valence-electron chi connectivity index (χ2n) is 6.24. The minimum Gasteiger partial charge on any atom is -0.303 e. The molecule has 2 aliphatic rings. The fourth-order valence-electron chi connectivity index (χ4n) is 3.90. The van der Waals surface area contributed by atoms with Gasteiger partial charge in [0.05, 0.1) is 0 Å². The highest BCUT2D eigenvalue weighted by Gasteiger charge is 2.49. The van der Waals surface area contributed by atoms with Crippen molar-refractivity contribution in [2.75, 3.05) is 13.6 Å². The molecule has 1 aromatic carbocycles. The molecule has 0 saturated carbocycles. The van der Waals surface area contributed by atoms with Crippen LogP contribution in [0.4, 0.5) is 0 Å². The Morgan fingerprint density at radius 1 is 1.44 bits per heavy atom. The zero-order valence-electron chi connectivity index (χ0n) is 11.4. The van der Waals surface area contributed by atoms with Crippen LogP contribution in [0.15, 0.2) is 18.2 Å². The number of carbonyl (C=O) groups excluding carboxylic acids is 1. The first-order valence-corrected chi connectivity index (χ1v) is 6.82. The summed E-state index contributed by atoms with van der Waals surface area (Å²) in [6.07, 6.45) is 3.30. The van der Waals surface area contributed by atoms with Gasteiger partial charge in [0.25, 0.3) is 0 Å². The van der Waals surface area contributed by atoms with Crippen molar-refractivity contribution in [2.45, 2.75) is 38.1 Å². The highest BCUT2D eigenvalue weighted by molar-refractivity contribution is 5.62. The number of rotatable bonds is 1. The van der Waals surface area contributed by atoms with Gasteiger partial charge >= 0.3 is 0 Å². The van der Waals surface area contributed by atoms with Crippen LogP contribution in [0, 0.1) is 12.8 Å². The second kappa shape index (κ2) is 3.92. The van der Waals surface area contributed by atoms with E-state index in [9.17, 15) is 4.79 Å². The van der Waals surface area contributed by atoms with Crippen LogP contribution in [0.2, 0.25) is 0 Å². The summed E-state index contributed by atoms with van der Waals surface area (Å²) in [5.41, 5.74) is 4.21. The van der Waals surface area contributed by atoms with Gasteiger partial charge in [0.15, 0.2) is 0 Å². The minimum atomic E-state index is 0.0402. The molecule has 1 heterocycles. The highest BCUT2D eigenvalue weighted by atomic mass is 16.1. The van der Waals surface area contributed by atoms with E-state index in [2.05, 4.69) is 44.0 Å². The lowest BCUT2D eigenvalue weighted by Crippen LogP contribution is -2.58. The summed E-state index contributed by atoms with van der Waals surface area (Å²) in [4.78, 5) is 14.0. The quantitative estimate of drug-likeness (QED) is 0.706. The third-order valence-electron chi connectivity index (χ3n) is 5.16. The molecule has 0 N–H and O–H groups in total. The maximum absolute atomic E-state index is 11.6. The van der Waals surface area contributed by atoms with Crippen LogP contribution in [0.5, 0.6) is 0 Å². The van der Waals surface area contributed by atoms with Gasteiger partial charge < -0.3 is 9.69 Å². The van der Waals surface area contributed by atoms with Gasteiger partial charge in [0.2, 0.25) is 0 Å². The Morgan fingerprint density at radius 3 is 2.94 bits per heavy atom. The summed E-state index contributed by atoms with van der Waals surface area (Å²) >= 11 is 0. The Hall–Kier alpha value is -1.15. The Labute approximate surface area is 109 Å².